The van der Waals surface area contributed by atoms with E-state index in [9.17, 15) is 4.79 Å². The molecule has 0 radical (unpaired) electrons. The van der Waals surface area contributed by atoms with E-state index in [1.54, 1.807) is 19.3 Å². The number of rotatable bonds is 4. The van der Waals surface area contributed by atoms with Crippen LogP contribution in [0.4, 0.5) is 0 Å². The van der Waals surface area contributed by atoms with Gasteiger partial charge >= 0.3 is 0 Å². The van der Waals surface area contributed by atoms with Gasteiger partial charge in [0.1, 0.15) is 5.15 Å². The van der Waals surface area contributed by atoms with Crippen molar-refractivity contribution in [3.8, 4) is 0 Å². The zero-order valence-electron chi connectivity index (χ0n) is 12.8. The minimum atomic E-state index is -0.245. The topological polar surface area (TPSA) is 78.4 Å². The number of aliphatic imine (C=N–C) groups is 1. The molecule has 0 aromatic carbocycles. The Morgan fingerprint density at radius 1 is 1.33 bits per heavy atom. The van der Waals surface area contributed by atoms with Crippen molar-refractivity contribution >= 4 is 23.5 Å². The summed E-state index contributed by atoms with van der Waals surface area (Å²) < 4.78 is 0. The quantitative estimate of drug-likeness (QED) is 0.445. The van der Waals surface area contributed by atoms with E-state index >= 15 is 0 Å². The van der Waals surface area contributed by atoms with Crippen molar-refractivity contribution in [2.24, 2.45) is 4.99 Å². The summed E-state index contributed by atoms with van der Waals surface area (Å²) in [6.45, 7) is 6.52. The summed E-state index contributed by atoms with van der Waals surface area (Å²) in [4.78, 5) is 19.8. The van der Waals surface area contributed by atoms with Gasteiger partial charge in [-0.25, -0.2) is 4.98 Å². The first-order valence-corrected chi connectivity index (χ1v) is 7.04. The summed E-state index contributed by atoms with van der Waals surface area (Å²) in [5, 5.41) is 9.38. The van der Waals surface area contributed by atoms with E-state index in [0.717, 1.165) is 5.56 Å². The number of nitrogens with zero attached hydrogens (tertiary/aromatic N) is 2. The van der Waals surface area contributed by atoms with Gasteiger partial charge < -0.3 is 16.0 Å². The fourth-order valence-corrected chi connectivity index (χ4v) is 1.66. The van der Waals surface area contributed by atoms with Gasteiger partial charge in [0.2, 0.25) is 5.91 Å². The van der Waals surface area contributed by atoms with Crippen LogP contribution in [-0.4, -0.2) is 36.0 Å². The van der Waals surface area contributed by atoms with E-state index in [1.165, 1.54) is 0 Å². The molecule has 0 aliphatic heterocycles. The van der Waals surface area contributed by atoms with E-state index in [-0.39, 0.29) is 18.0 Å². The normalized spacial score (nSPS) is 12.0. The van der Waals surface area contributed by atoms with Crippen molar-refractivity contribution in [1.29, 1.82) is 0 Å². The molecule has 1 aromatic heterocycles. The lowest BCUT2D eigenvalue weighted by atomic mass is 10.1. The number of pyridine rings is 1. The third kappa shape index (κ3) is 7.51. The fraction of sp³-hybridized carbons (Fsp3) is 0.500. The molecule has 0 unspecified atom stereocenters. The van der Waals surface area contributed by atoms with Crippen LogP contribution in [0.25, 0.3) is 0 Å². The minimum absolute atomic E-state index is 0.0846. The van der Waals surface area contributed by atoms with Gasteiger partial charge in [0.25, 0.3) is 0 Å². The second-order valence-electron chi connectivity index (χ2n) is 5.57. The Morgan fingerprint density at radius 2 is 2.05 bits per heavy atom. The standard InChI is InChI=1S/C14H22ClN5O/c1-14(2,3)20-12(21)9-19-13(16-4)18-8-10-5-6-11(15)17-7-10/h5-7H,8-9H2,1-4H3,(H,20,21)(H2,16,18,19). The molecule has 1 amide bonds. The van der Waals surface area contributed by atoms with E-state index in [0.29, 0.717) is 17.7 Å². The summed E-state index contributed by atoms with van der Waals surface area (Å²) in [5.41, 5.74) is 0.728. The third-order valence-corrected chi connectivity index (χ3v) is 2.63. The Balaban J connectivity index is 2.39. The Labute approximate surface area is 130 Å². The highest BCUT2D eigenvalue weighted by Crippen LogP contribution is 2.04. The summed E-state index contributed by atoms with van der Waals surface area (Å²) in [5.74, 6) is 0.465. The molecule has 0 saturated carbocycles. The van der Waals surface area contributed by atoms with E-state index in [2.05, 4.69) is 25.9 Å². The zero-order chi connectivity index (χ0) is 15.9. The smallest absolute Gasteiger partial charge is 0.239 e. The van der Waals surface area contributed by atoms with Gasteiger partial charge in [-0.15, -0.1) is 0 Å². The lowest BCUT2D eigenvalue weighted by Gasteiger charge is -2.21. The monoisotopic (exact) mass is 311 g/mol. The second-order valence-corrected chi connectivity index (χ2v) is 5.95. The number of nitrogens with one attached hydrogen (secondary N) is 3. The van der Waals surface area contributed by atoms with Crippen LogP contribution >= 0.6 is 11.6 Å². The number of aromatic nitrogens is 1. The highest BCUT2D eigenvalue weighted by Gasteiger charge is 2.13. The van der Waals surface area contributed by atoms with Crippen molar-refractivity contribution in [3.63, 3.8) is 0 Å². The largest absolute Gasteiger partial charge is 0.352 e. The van der Waals surface area contributed by atoms with Crippen LogP contribution in [0.5, 0.6) is 0 Å². The molecule has 1 heterocycles. The van der Waals surface area contributed by atoms with Gasteiger partial charge in [-0.1, -0.05) is 17.7 Å². The molecule has 0 aliphatic rings. The Bertz CT molecular complexity index is 493. The lowest BCUT2D eigenvalue weighted by Crippen LogP contribution is -2.48. The molecule has 0 aliphatic carbocycles. The summed E-state index contributed by atoms with van der Waals surface area (Å²) in [6, 6.07) is 3.60. The summed E-state index contributed by atoms with van der Waals surface area (Å²) in [6.07, 6.45) is 1.69. The van der Waals surface area contributed by atoms with Crippen LogP contribution in [-0.2, 0) is 11.3 Å². The number of carbonyl (C=O) groups is 1. The van der Waals surface area contributed by atoms with Gasteiger partial charge in [-0.3, -0.25) is 9.79 Å². The number of guanidine groups is 1. The van der Waals surface area contributed by atoms with Crippen LogP contribution in [0, 0.1) is 0 Å². The fourth-order valence-electron chi connectivity index (χ4n) is 1.54. The lowest BCUT2D eigenvalue weighted by molar-refractivity contribution is -0.121. The Morgan fingerprint density at radius 3 is 2.57 bits per heavy atom. The van der Waals surface area contributed by atoms with Crippen LogP contribution in [0.15, 0.2) is 23.3 Å². The molecule has 0 bridgehead atoms. The maximum absolute atomic E-state index is 11.7. The average Bonchev–Trinajstić information content (AvgIpc) is 2.39. The van der Waals surface area contributed by atoms with Crippen LogP contribution in [0.3, 0.4) is 0 Å². The Hall–Kier alpha value is -1.82. The molecule has 21 heavy (non-hydrogen) atoms. The first-order valence-electron chi connectivity index (χ1n) is 6.66. The number of amides is 1. The Kier molecular flexibility index (Phi) is 6.42. The highest BCUT2D eigenvalue weighted by atomic mass is 35.5. The molecule has 3 N–H and O–H groups in total. The molecule has 6 nitrogen and oxygen atoms in total. The predicted molar refractivity (Wildman–Crippen MR) is 85.3 cm³/mol. The number of hydrogen-bond donors (Lipinski definition) is 3. The van der Waals surface area contributed by atoms with Crippen molar-refractivity contribution in [1.82, 2.24) is 20.9 Å². The maximum atomic E-state index is 11.7. The van der Waals surface area contributed by atoms with Crippen molar-refractivity contribution in [2.45, 2.75) is 32.9 Å². The second kappa shape index (κ2) is 7.83. The molecule has 116 valence electrons. The van der Waals surface area contributed by atoms with Crippen molar-refractivity contribution in [3.05, 3.63) is 29.0 Å². The van der Waals surface area contributed by atoms with Crippen molar-refractivity contribution in [2.75, 3.05) is 13.6 Å². The molecule has 1 rings (SSSR count). The summed E-state index contributed by atoms with van der Waals surface area (Å²) in [7, 11) is 1.65. The number of hydrogen-bond acceptors (Lipinski definition) is 3. The molecule has 0 saturated heterocycles. The van der Waals surface area contributed by atoms with Crippen LogP contribution in [0.2, 0.25) is 5.15 Å². The van der Waals surface area contributed by atoms with Gasteiger partial charge in [0.05, 0.1) is 6.54 Å². The SMILES string of the molecule is CN=C(NCC(=O)NC(C)(C)C)NCc1ccc(Cl)nc1. The van der Waals surface area contributed by atoms with Crippen molar-refractivity contribution < 1.29 is 4.79 Å². The summed E-state index contributed by atoms with van der Waals surface area (Å²) >= 11 is 5.73. The molecule has 0 atom stereocenters. The first kappa shape index (κ1) is 17.2. The van der Waals surface area contributed by atoms with Gasteiger partial charge in [0.15, 0.2) is 5.96 Å². The average molecular weight is 312 g/mol. The first-order chi connectivity index (χ1) is 9.80. The number of halogens is 1. The predicted octanol–water partition coefficient (Wildman–Crippen LogP) is 1.31. The van der Waals surface area contributed by atoms with Gasteiger partial charge in [-0.05, 0) is 32.4 Å². The zero-order valence-corrected chi connectivity index (χ0v) is 13.6. The van der Waals surface area contributed by atoms with E-state index < -0.39 is 0 Å². The molecular formula is C14H22ClN5O. The molecule has 0 fully saturated rings. The molecule has 1 aromatic rings. The molecular weight excluding hydrogens is 290 g/mol. The number of carbonyl (C=O) groups excluding carboxylic acids is 1. The maximum Gasteiger partial charge on any atom is 0.239 e. The van der Waals surface area contributed by atoms with Crippen LogP contribution < -0.4 is 16.0 Å². The van der Waals surface area contributed by atoms with Crippen LogP contribution in [0.1, 0.15) is 26.3 Å². The third-order valence-electron chi connectivity index (χ3n) is 2.40. The minimum Gasteiger partial charge on any atom is -0.352 e. The van der Waals surface area contributed by atoms with Gasteiger partial charge in [-0.2, -0.15) is 0 Å². The molecule has 7 heteroatoms. The van der Waals surface area contributed by atoms with E-state index in [1.807, 2.05) is 26.8 Å². The molecule has 0 spiro atoms. The highest BCUT2D eigenvalue weighted by molar-refractivity contribution is 6.29. The van der Waals surface area contributed by atoms with Gasteiger partial charge in [0, 0.05) is 25.3 Å². The van der Waals surface area contributed by atoms with E-state index in [4.69, 9.17) is 11.6 Å².